The zero-order valence-corrected chi connectivity index (χ0v) is 39.8. The summed E-state index contributed by atoms with van der Waals surface area (Å²) < 4.78 is 4.74. The van der Waals surface area contributed by atoms with Gasteiger partial charge in [0.25, 0.3) is 0 Å². The quantitative estimate of drug-likeness (QED) is 0.149. The summed E-state index contributed by atoms with van der Waals surface area (Å²) in [5.41, 5.74) is 17.6. The Morgan fingerprint density at radius 3 is 1.19 bits per heavy atom. The molecule has 0 saturated heterocycles. The van der Waals surface area contributed by atoms with Crippen molar-refractivity contribution in [3.8, 4) is 67.4 Å². The molecule has 0 spiro atoms. The molecule has 0 saturated carbocycles. The molecule has 329 valence electrons. The molecule has 0 fully saturated rings. The smallest absolute Gasteiger partial charge is 0.0716 e. The molecule has 0 aliphatic rings. The van der Waals surface area contributed by atoms with Crippen LogP contribution in [-0.4, -0.2) is 19.1 Å². The van der Waals surface area contributed by atoms with E-state index in [0.29, 0.717) is 0 Å². The molecule has 13 aromatic rings. The summed E-state index contributed by atoms with van der Waals surface area (Å²) in [6, 6.07) is 93.0. The van der Waals surface area contributed by atoms with Crippen molar-refractivity contribution < 1.29 is 20.1 Å². The van der Waals surface area contributed by atoms with Crippen molar-refractivity contribution in [2.75, 3.05) is 0 Å². The van der Waals surface area contributed by atoms with Crippen LogP contribution in [0.15, 0.2) is 261 Å². The summed E-state index contributed by atoms with van der Waals surface area (Å²) in [6.45, 7) is 0. The van der Waals surface area contributed by atoms with E-state index in [2.05, 4.69) is 233 Å². The first-order valence-electron chi connectivity index (χ1n) is 23.0. The molecular formula is C64H43IrN4-. The van der Waals surface area contributed by atoms with Crippen LogP contribution in [0, 0.1) is 6.07 Å². The zero-order chi connectivity index (χ0) is 45.2. The van der Waals surface area contributed by atoms with Crippen LogP contribution < -0.4 is 0 Å². The number of para-hydroxylation sites is 4. The van der Waals surface area contributed by atoms with Crippen LogP contribution >= 0.6 is 0 Å². The van der Waals surface area contributed by atoms with Gasteiger partial charge in [-0.05, 0) is 94.7 Å². The fourth-order valence-electron chi connectivity index (χ4n) is 9.56. The van der Waals surface area contributed by atoms with Gasteiger partial charge in [0.2, 0.25) is 0 Å². The van der Waals surface area contributed by atoms with Gasteiger partial charge < -0.3 is 14.1 Å². The molecule has 13 rings (SSSR count). The molecule has 4 aromatic heterocycles. The second-order valence-corrected chi connectivity index (χ2v) is 16.9. The molecule has 9 aromatic carbocycles. The standard InChI is InChI=1S/C53H35N3.C11H8N.Ir/c1-2-14-36(15-3-1)37-28-30-38(31-29-37)41-34-48(39-16-12-18-42(32-39)55-50-24-8-4-20-44(50)45-21-5-9-25-51(45)55)54-49(35-41)40-17-13-19-43(33-40)56-52-26-10-6-22-46(52)47-23-7-11-27-53(47)56;1-2-6-10(7-3-1)11-8-4-5-9-12-11;/h1-35H;1-6,8-9H;/q;-1;. The Morgan fingerprint density at radius 1 is 0.304 bits per heavy atom. The van der Waals surface area contributed by atoms with Crippen molar-refractivity contribution in [1.82, 2.24) is 19.1 Å². The number of benzene rings is 9. The van der Waals surface area contributed by atoms with Gasteiger partial charge in [-0.2, -0.15) is 0 Å². The minimum absolute atomic E-state index is 0. The number of hydrogen-bond donors (Lipinski definition) is 0. The third-order valence-electron chi connectivity index (χ3n) is 12.8. The van der Waals surface area contributed by atoms with Gasteiger partial charge in [-0.25, -0.2) is 4.98 Å². The van der Waals surface area contributed by atoms with Crippen molar-refractivity contribution in [2.45, 2.75) is 0 Å². The largest absolute Gasteiger partial charge is 0.309 e. The Labute approximate surface area is 414 Å². The van der Waals surface area contributed by atoms with E-state index >= 15 is 0 Å². The van der Waals surface area contributed by atoms with Gasteiger partial charge in [-0.3, -0.25) is 0 Å². The van der Waals surface area contributed by atoms with E-state index in [0.717, 1.165) is 56.3 Å². The van der Waals surface area contributed by atoms with Crippen LogP contribution in [0.4, 0.5) is 0 Å². The number of aromatic nitrogens is 4. The first kappa shape index (κ1) is 43.1. The molecule has 0 unspecified atom stereocenters. The normalized spacial score (nSPS) is 11.1. The molecule has 0 atom stereocenters. The van der Waals surface area contributed by atoms with E-state index in [1.54, 1.807) is 6.20 Å². The Balaban J connectivity index is 0.000000349. The average molecular weight is 1060 g/mol. The van der Waals surface area contributed by atoms with Gasteiger partial charge in [0.1, 0.15) is 0 Å². The predicted molar refractivity (Wildman–Crippen MR) is 283 cm³/mol. The summed E-state index contributed by atoms with van der Waals surface area (Å²) in [4.78, 5) is 9.66. The molecule has 69 heavy (non-hydrogen) atoms. The van der Waals surface area contributed by atoms with Crippen LogP contribution in [0.2, 0.25) is 0 Å². The fourth-order valence-corrected chi connectivity index (χ4v) is 9.56. The number of pyridine rings is 2. The summed E-state index contributed by atoms with van der Waals surface area (Å²) in [5.74, 6) is 0. The van der Waals surface area contributed by atoms with Crippen LogP contribution in [0.5, 0.6) is 0 Å². The van der Waals surface area contributed by atoms with E-state index in [1.807, 2.05) is 42.5 Å². The summed E-state index contributed by atoms with van der Waals surface area (Å²) >= 11 is 0. The third-order valence-corrected chi connectivity index (χ3v) is 12.8. The Hall–Kier alpha value is -8.47. The van der Waals surface area contributed by atoms with Gasteiger partial charge in [-0.1, -0.05) is 164 Å². The van der Waals surface area contributed by atoms with Crippen molar-refractivity contribution in [2.24, 2.45) is 0 Å². The average Bonchev–Trinajstić information content (AvgIpc) is 3.95. The maximum Gasteiger partial charge on any atom is 0.0716 e. The van der Waals surface area contributed by atoms with Crippen molar-refractivity contribution >= 4 is 43.6 Å². The van der Waals surface area contributed by atoms with Crippen LogP contribution in [0.3, 0.4) is 0 Å². The summed E-state index contributed by atoms with van der Waals surface area (Å²) in [7, 11) is 0. The van der Waals surface area contributed by atoms with E-state index < -0.39 is 0 Å². The maximum absolute atomic E-state index is 5.44. The summed E-state index contributed by atoms with van der Waals surface area (Å²) in [5, 5.41) is 4.99. The molecular weight excluding hydrogens is 1020 g/mol. The minimum atomic E-state index is 0. The van der Waals surface area contributed by atoms with Crippen molar-refractivity contribution in [3.63, 3.8) is 0 Å². The zero-order valence-electron chi connectivity index (χ0n) is 37.4. The van der Waals surface area contributed by atoms with Gasteiger partial charge in [0.05, 0.1) is 33.5 Å². The minimum Gasteiger partial charge on any atom is -0.309 e. The second-order valence-electron chi connectivity index (χ2n) is 16.9. The Kier molecular flexibility index (Phi) is 11.9. The number of rotatable bonds is 7. The third kappa shape index (κ3) is 8.36. The molecule has 0 N–H and O–H groups in total. The molecule has 4 heterocycles. The fraction of sp³-hybridized carbons (Fsp3) is 0. The van der Waals surface area contributed by atoms with Crippen LogP contribution in [0.25, 0.3) is 111 Å². The van der Waals surface area contributed by atoms with Crippen LogP contribution in [0.1, 0.15) is 0 Å². The van der Waals surface area contributed by atoms with E-state index in [1.165, 1.54) is 54.7 Å². The topological polar surface area (TPSA) is 35.6 Å². The van der Waals surface area contributed by atoms with Gasteiger partial charge in [0, 0.05) is 70.3 Å². The number of nitrogens with zero attached hydrogens (tertiary/aromatic N) is 4. The first-order valence-corrected chi connectivity index (χ1v) is 23.0. The molecule has 5 heteroatoms. The van der Waals surface area contributed by atoms with Gasteiger partial charge in [0.15, 0.2) is 0 Å². The Morgan fingerprint density at radius 2 is 0.725 bits per heavy atom. The van der Waals surface area contributed by atoms with Crippen molar-refractivity contribution in [1.29, 1.82) is 0 Å². The van der Waals surface area contributed by atoms with Gasteiger partial charge >= 0.3 is 0 Å². The maximum atomic E-state index is 5.44. The number of fused-ring (bicyclic) bond motifs is 6. The van der Waals surface area contributed by atoms with E-state index in [4.69, 9.17) is 4.98 Å². The monoisotopic (exact) mass is 1060 g/mol. The number of hydrogen-bond acceptors (Lipinski definition) is 2. The molecule has 0 aliphatic carbocycles. The predicted octanol–water partition coefficient (Wildman–Crippen LogP) is 16.5. The van der Waals surface area contributed by atoms with Crippen LogP contribution in [-0.2, 0) is 20.1 Å². The first-order chi connectivity index (χ1) is 33.7. The molecule has 4 nitrogen and oxygen atoms in total. The van der Waals surface area contributed by atoms with E-state index in [9.17, 15) is 0 Å². The summed E-state index contributed by atoms with van der Waals surface area (Å²) in [6.07, 6.45) is 1.79. The van der Waals surface area contributed by atoms with E-state index in [-0.39, 0.29) is 20.1 Å². The Bertz CT molecular complexity index is 3580. The SMILES string of the molecule is [Ir].[c-]1ccccc1-c1ccccn1.c1ccc(-c2ccc(-c3cc(-c4cccc(-n5c6ccccc6c6ccccc65)c4)nc(-c4cccc(-n5c6ccccc6c6ccccc65)c4)c3)cc2)cc1. The van der Waals surface area contributed by atoms with Crippen molar-refractivity contribution in [3.05, 3.63) is 267 Å². The molecule has 0 aliphatic heterocycles. The molecule has 0 bridgehead atoms. The van der Waals surface area contributed by atoms with Gasteiger partial charge in [-0.15, -0.1) is 35.9 Å². The molecule has 1 radical (unpaired) electrons. The second kappa shape index (κ2) is 19.0. The molecule has 0 amide bonds.